The zero-order valence-corrected chi connectivity index (χ0v) is 5.68. The molecule has 1 fully saturated rings. The third kappa shape index (κ3) is 0.728. The molecule has 0 saturated heterocycles. The number of rotatable bonds is 1. The Hall–Kier alpha value is -0.900. The standard InChI is InChI=1S/C7H7F2NO/c8-7(9)4-6(7,10)5-1-2-11-3-5/h1-3H,4,10H2. The molecular weight excluding hydrogens is 152 g/mol. The predicted molar refractivity (Wildman–Crippen MR) is 34.1 cm³/mol. The van der Waals surface area contributed by atoms with Crippen LogP contribution in [0.4, 0.5) is 8.78 Å². The second-order valence-corrected chi connectivity index (χ2v) is 2.86. The summed E-state index contributed by atoms with van der Waals surface area (Å²) in [5, 5.41) is 0. The molecule has 2 N–H and O–H groups in total. The second kappa shape index (κ2) is 1.64. The van der Waals surface area contributed by atoms with Crippen molar-refractivity contribution in [2.45, 2.75) is 17.9 Å². The van der Waals surface area contributed by atoms with Gasteiger partial charge in [0.25, 0.3) is 5.92 Å². The van der Waals surface area contributed by atoms with Crippen LogP contribution in [0.2, 0.25) is 0 Å². The molecule has 1 saturated carbocycles. The predicted octanol–water partition coefficient (Wildman–Crippen LogP) is 1.47. The lowest BCUT2D eigenvalue weighted by Gasteiger charge is -2.05. The number of hydrogen-bond acceptors (Lipinski definition) is 2. The Balaban J connectivity index is 2.33. The van der Waals surface area contributed by atoms with E-state index < -0.39 is 11.5 Å². The molecule has 0 spiro atoms. The van der Waals surface area contributed by atoms with E-state index >= 15 is 0 Å². The number of halogens is 2. The first-order chi connectivity index (χ1) is 5.06. The third-order valence-corrected chi connectivity index (χ3v) is 2.06. The summed E-state index contributed by atoms with van der Waals surface area (Å²) in [6.45, 7) is 0. The first-order valence-corrected chi connectivity index (χ1v) is 3.26. The van der Waals surface area contributed by atoms with E-state index in [2.05, 4.69) is 4.42 Å². The Morgan fingerprint density at radius 2 is 2.18 bits per heavy atom. The molecule has 1 aromatic rings. The van der Waals surface area contributed by atoms with Crippen molar-refractivity contribution in [1.82, 2.24) is 0 Å². The fourth-order valence-corrected chi connectivity index (χ4v) is 1.14. The van der Waals surface area contributed by atoms with Gasteiger partial charge in [-0.1, -0.05) is 0 Å². The van der Waals surface area contributed by atoms with Crippen molar-refractivity contribution in [2.24, 2.45) is 5.73 Å². The normalized spacial score (nSPS) is 33.7. The molecule has 60 valence electrons. The third-order valence-electron chi connectivity index (χ3n) is 2.06. The molecule has 0 bridgehead atoms. The van der Waals surface area contributed by atoms with Gasteiger partial charge >= 0.3 is 0 Å². The number of hydrogen-bond donors (Lipinski definition) is 1. The summed E-state index contributed by atoms with van der Waals surface area (Å²) in [5.41, 5.74) is 4.30. The molecule has 4 heteroatoms. The van der Waals surface area contributed by atoms with Gasteiger partial charge in [0.15, 0.2) is 0 Å². The highest BCUT2D eigenvalue weighted by molar-refractivity contribution is 5.32. The van der Waals surface area contributed by atoms with Crippen LogP contribution in [0.1, 0.15) is 12.0 Å². The van der Waals surface area contributed by atoms with Crippen molar-refractivity contribution in [3.05, 3.63) is 24.2 Å². The maximum absolute atomic E-state index is 12.6. The van der Waals surface area contributed by atoms with Crippen LogP contribution in [0.5, 0.6) is 0 Å². The van der Waals surface area contributed by atoms with Crippen molar-refractivity contribution in [3.8, 4) is 0 Å². The summed E-state index contributed by atoms with van der Waals surface area (Å²) in [4.78, 5) is 0. The Morgan fingerprint density at radius 1 is 1.55 bits per heavy atom. The van der Waals surface area contributed by atoms with E-state index in [1.165, 1.54) is 18.6 Å². The van der Waals surface area contributed by atoms with Crippen molar-refractivity contribution >= 4 is 0 Å². The minimum Gasteiger partial charge on any atom is -0.472 e. The van der Waals surface area contributed by atoms with Gasteiger partial charge in [0.1, 0.15) is 5.54 Å². The van der Waals surface area contributed by atoms with Gasteiger partial charge < -0.3 is 10.2 Å². The molecule has 1 atom stereocenters. The van der Waals surface area contributed by atoms with Crippen molar-refractivity contribution in [3.63, 3.8) is 0 Å². The molecule has 1 aliphatic carbocycles. The lowest BCUT2D eigenvalue weighted by molar-refractivity contribution is 0.0889. The average Bonchev–Trinajstić information content (AvgIpc) is 2.36. The van der Waals surface area contributed by atoms with Crippen molar-refractivity contribution in [1.29, 1.82) is 0 Å². The lowest BCUT2D eigenvalue weighted by Crippen LogP contribution is -2.26. The molecule has 0 radical (unpaired) electrons. The Labute approximate surface area is 62.0 Å². The Bertz CT molecular complexity index is 270. The minimum atomic E-state index is -2.75. The lowest BCUT2D eigenvalue weighted by atomic mass is 10.1. The van der Waals surface area contributed by atoms with Crippen LogP contribution in [0.3, 0.4) is 0 Å². The molecule has 1 unspecified atom stereocenters. The van der Waals surface area contributed by atoms with E-state index in [9.17, 15) is 8.78 Å². The first-order valence-electron chi connectivity index (χ1n) is 3.26. The number of furan rings is 1. The monoisotopic (exact) mass is 159 g/mol. The maximum Gasteiger partial charge on any atom is 0.272 e. The highest BCUT2D eigenvalue weighted by Crippen LogP contribution is 2.57. The summed E-state index contributed by atoms with van der Waals surface area (Å²) >= 11 is 0. The fourth-order valence-electron chi connectivity index (χ4n) is 1.14. The van der Waals surface area contributed by atoms with E-state index in [1.54, 1.807) is 0 Å². The van der Waals surface area contributed by atoms with Gasteiger partial charge in [-0.15, -0.1) is 0 Å². The molecule has 1 aromatic heterocycles. The smallest absolute Gasteiger partial charge is 0.272 e. The Kier molecular flexibility index (Phi) is 1.01. The van der Waals surface area contributed by atoms with Crippen LogP contribution in [0.25, 0.3) is 0 Å². The number of nitrogens with two attached hydrogens (primary N) is 1. The van der Waals surface area contributed by atoms with E-state index in [-0.39, 0.29) is 6.42 Å². The minimum absolute atomic E-state index is 0.278. The summed E-state index contributed by atoms with van der Waals surface area (Å²) in [6, 6.07) is 1.47. The van der Waals surface area contributed by atoms with Crippen LogP contribution in [-0.2, 0) is 5.54 Å². The van der Waals surface area contributed by atoms with Crippen LogP contribution in [0.15, 0.2) is 23.0 Å². The summed E-state index contributed by atoms with van der Waals surface area (Å²) in [6.07, 6.45) is 2.33. The average molecular weight is 159 g/mol. The highest BCUT2D eigenvalue weighted by Gasteiger charge is 2.70. The molecule has 11 heavy (non-hydrogen) atoms. The molecule has 2 nitrogen and oxygen atoms in total. The van der Waals surface area contributed by atoms with Crippen LogP contribution in [0, 0.1) is 0 Å². The Morgan fingerprint density at radius 3 is 2.55 bits per heavy atom. The molecule has 1 heterocycles. The van der Waals surface area contributed by atoms with Gasteiger partial charge in [-0.05, 0) is 6.07 Å². The second-order valence-electron chi connectivity index (χ2n) is 2.86. The van der Waals surface area contributed by atoms with Crippen LogP contribution < -0.4 is 5.73 Å². The van der Waals surface area contributed by atoms with E-state index in [1.807, 2.05) is 0 Å². The van der Waals surface area contributed by atoms with E-state index in [0.717, 1.165) is 0 Å². The fraction of sp³-hybridized carbons (Fsp3) is 0.429. The molecule has 0 amide bonds. The topological polar surface area (TPSA) is 39.2 Å². The molecular formula is C7H7F2NO. The van der Waals surface area contributed by atoms with Gasteiger partial charge in [-0.25, -0.2) is 8.78 Å². The molecule has 1 aliphatic rings. The zero-order valence-electron chi connectivity index (χ0n) is 5.68. The molecule has 0 aromatic carbocycles. The summed E-state index contributed by atoms with van der Waals surface area (Å²) in [7, 11) is 0. The maximum atomic E-state index is 12.6. The van der Waals surface area contributed by atoms with Crippen molar-refractivity contribution in [2.75, 3.05) is 0 Å². The van der Waals surface area contributed by atoms with Crippen molar-refractivity contribution < 1.29 is 13.2 Å². The van der Waals surface area contributed by atoms with Gasteiger partial charge in [0.2, 0.25) is 0 Å². The van der Waals surface area contributed by atoms with Crippen LogP contribution in [-0.4, -0.2) is 5.92 Å². The van der Waals surface area contributed by atoms with Gasteiger partial charge in [-0.3, -0.25) is 0 Å². The SMILES string of the molecule is NC1(c2ccoc2)CC1(F)F. The first kappa shape index (κ1) is 6.79. The van der Waals surface area contributed by atoms with Gasteiger partial charge in [-0.2, -0.15) is 0 Å². The number of alkyl halides is 2. The molecule has 0 aliphatic heterocycles. The van der Waals surface area contributed by atoms with E-state index in [4.69, 9.17) is 5.73 Å². The zero-order chi connectivity index (χ0) is 8.11. The summed E-state index contributed by atoms with van der Waals surface area (Å²) < 4.78 is 29.8. The van der Waals surface area contributed by atoms with Gasteiger partial charge in [0.05, 0.1) is 12.5 Å². The largest absolute Gasteiger partial charge is 0.472 e. The molecule has 2 rings (SSSR count). The quantitative estimate of drug-likeness (QED) is 0.673. The summed E-state index contributed by atoms with van der Waals surface area (Å²) in [5.74, 6) is -2.75. The highest BCUT2D eigenvalue weighted by atomic mass is 19.3. The van der Waals surface area contributed by atoms with Crippen LogP contribution >= 0.6 is 0 Å². The van der Waals surface area contributed by atoms with Gasteiger partial charge in [0, 0.05) is 12.0 Å². The van der Waals surface area contributed by atoms with E-state index in [0.29, 0.717) is 5.56 Å².